The molecular weight excluding hydrogens is 228 g/mol. The van der Waals surface area contributed by atoms with Crippen molar-refractivity contribution in [1.29, 1.82) is 0 Å². The Hall–Kier alpha value is -0.940. The summed E-state index contributed by atoms with van der Waals surface area (Å²) in [5.41, 5.74) is 3.92. The van der Waals surface area contributed by atoms with Crippen LogP contribution >= 0.6 is 0 Å². The molecule has 0 aliphatic carbocycles. The van der Waals surface area contributed by atoms with E-state index in [4.69, 9.17) is 4.84 Å². The van der Waals surface area contributed by atoms with Crippen LogP contribution in [0.15, 0.2) is 30.3 Å². The molecule has 4 heteroatoms. The van der Waals surface area contributed by atoms with E-state index in [1.807, 2.05) is 30.3 Å². The van der Waals surface area contributed by atoms with Crippen LogP contribution in [0.5, 0.6) is 0 Å². The molecule has 4 nitrogen and oxygen atoms in total. The first-order valence-electron chi connectivity index (χ1n) is 6.55. The van der Waals surface area contributed by atoms with Crippen molar-refractivity contribution in [2.45, 2.75) is 26.6 Å². The normalized spacial score (nSPS) is 12.9. The predicted octanol–water partition coefficient (Wildman–Crippen LogP) is 1.41. The summed E-state index contributed by atoms with van der Waals surface area (Å²) >= 11 is 0. The molecule has 18 heavy (non-hydrogen) atoms. The van der Waals surface area contributed by atoms with Gasteiger partial charge in [-0.25, -0.2) is 0 Å². The molecular formula is C14H24N2O2. The highest BCUT2D eigenvalue weighted by molar-refractivity contribution is 5.13. The van der Waals surface area contributed by atoms with E-state index in [1.165, 1.54) is 0 Å². The fraction of sp³-hybridized carbons (Fsp3) is 0.571. The molecule has 1 aromatic carbocycles. The molecule has 0 aliphatic rings. The molecule has 0 bridgehead atoms. The molecule has 0 heterocycles. The van der Waals surface area contributed by atoms with Gasteiger partial charge >= 0.3 is 0 Å². The zero-order chi connectivity index (χ0) is 13.2. The number of hydroxylamine groups is 1. The maximum absolute atomic E-state index is 9.79. The first-order valence-corrected chi connectivity index (χ1v) is 6.55. The lowest BCUT2D eigenvalue weighted by atomic mass is 10.2. The van der Waals surface area contributed by atoms with Gasteiger partial charge in [0.05, 0.1) is 12.7 Å². The first kappa shape index (κ1) is 15.1. The average molecular weight is 252 g/mol. The summed E-state index contributed by atoms with van der Waals surface area (Å²) in [4.78, 5) is 7.49. The topological polar surface area (TPSA) is 44.7 Å². The summed E-state index contributed by atoms with van der Waals surface area (Å²) in [6.07, 6.45) is -0.402. The van der Waals surface area contributed by atoms with Crippen LogP contribution in [0.2, 0.25) is 0 Å². The van der Waals surface area contributed by atoms with Crippen molar-refractivity contribution in [3.05, 3.63) is 35.9 Å². The molecule has 0 amide bonds. The average Bonchev–Trinajstić information content (AvgIpc) is 2.42. The van der Waals surface area contributed by atoms with E-state index in [2.05, 4.69) is 24.2 Å². The number of hydrogen-bond donors (Lipinski definition) is 2. The van der Waals surface area contributed by atoms with Gasteiger partial charge in [-0.15, -0.1) is 0 Å². The third-order valence-corrected chi connectivity index (χ3v) is 2.87. The Labute approximate surface area is 110 Å². The molecule has 1 aromatic rings. The van der Waals surface area contributed by atoms with Crippen LogP contribution in [0.25, 0.3) is 0 Å². The third kappa shape index (κ3) is 6.12. The minimum absolute atomic E-state index is 0.402. The lowest BCUT2D eigenvalue weighted by Gasteiger charge is -2.21. The van der Waals surface area contributed by atoms with Gasteiger partial charge in [0.15, 0.2) is 0 Å². The number of nitrogens with one attached hydrogen (secondary N) is 1. The Morgan fingerprint density at radius 2 is 1.89 bits per heavy atom. The zero-order valence-electron chi connectivity index (χ0n) is 11.3. The minimum Gasteiger partial charge on any atom is -0.390 e. The van der Waals surface area contributed by atoms with E-state index in [-0.39, 0.29) is 0 Å². The quantitative estimate of drug-likeness (QED) is 0.515. The number of aliphatic hydroxyl groups excluding tert-OH is 1. The van der Waals surface area contributed by atoms with E-state index < -0.39 is 6.10 Å². The van der Waals surface area contributed by atoms with Gasteiger partial charge in [-0.3, -0.25) is 4.84 Å². The Morgan fingerprint density at radius 1 is 1.22 bits per heavy atom. The lowest BCUT2D eigenvalue weighted by Crippen LogP contribution is -2.38. The van der Waals surface area contributed by atoms with Crippen molar-refractivity contribution in [3.8, 4) is 0 Å². The molecule has 0 aliphatic heterocycles. The summed E-state index contributed by atoms with van der Waals surface area (Å²) in [6, 6.07) is 9.95. The van der Waals surface area contributed by atoms with E-state index in [1.54, 1.807) is 0 Å². The van der Waals surface area contributed by atoms with Crippen molar-refractivity contribution in [3.63, 3.8) is 0 Å². The van der Waals surface area contributed by atoms with Crippen molar-refractivity contribution >= 4 is 0 Å². The Kier molecular flexibility index (Phi) is 7.60. The number of aliphatic hydroxyl groups is 1. The number of rotatable bonds is 9. The molecule has 0 saturated carbocycles. The SMILES string of the molecule is CCN(CC)CC(O)CNOCc1ccccc1. The second-order valence-corrected chi connectivity index (χ2v) is 4.26. The van der Waals surface area contributed by atoms with Crippen molar-refractivity contribution in [2.75, 3.05) is 26.2 Å². The highest BCUT2D eigenvalue weighted by Gasteiger charge is 2.08. The molecule has 0 saturated heterocycles. The molecule has 0 fully saturated rings. The van der Waals surface area contributed by atoms with Gasteiger partial charge < -0.3 is 10.0 Å². The summed E-state index contributed by atoms with van der Waals surface area (Å²) < 4.78 is 0. The van der Waals surface area contributed by atoms with Crippen LogP contribution in [0.1, 0.15) is 19.4 Å². The largest absolute Gasteiger partial charge is 0.390 e. The van der Waals surface area contributed by atoms with Crippen molar-refractivity contribution < 1.29 is 9.94 Å². The maximum atomic E-state index is 9.79. The van der Waals surface area contributed by atoms with Crippen LogP contribution < -0.4 is 5.48 Å². The van der Waals surface area contributed by atoms with E-state index >= 15 is 0 Å². The van der Waals surface area contributed by atoms with Crippen LogP contribution in [0.4, 0.5) is 0 Å². The Morgan fingerprint density at radius 3 is 2.50 bits per heavy atom. The second-order valence-electron chi connectivity index (χ2n) is 4.26. The fourth-order valence-electron chi connectivity index (χ4n) is 1.71. The van der Waals surface area contributed by atoms with Crippen LogP contribution in [0.3, 0.4) is 0 Å². The number of benzene rings is 1. The van der Waals surface area contributed by atoms with Crippen LogP contribution in [-0.2, 0) is 11.4 Å². The lowest BCUT2D eigenvalue weighted by molar-refractivity contribution is -0.00324. The molecule has 0 aromatic heterocycles. The van der Waals surface area contributed by atoms with Gasteiger partial charge in [-0.2, -0.15) is 5.48 Å². The standard InChI is InChI=1S/C14H24N2O2/c1-3-16(4-2)11-14(17)10-15-18-12-13-8-6-5-7-9-13/h5-9,14-15,17H,3-4,10-12H2,1-2H3. The molecule has 1 unspecified atom stereocenters. The molecule has 1 rings (SSSR count). The van der Waals surface area contributed by atoms with Gasteiger partial charge in [0, 0.05) is 13.1 Å². The molecule has 2 N–H and O–H groups in total. The van der Waals surface area contributed by atoms with Gasteiger partial charge in [0.2, 0.25) is 0 Å². The maximum Gasteiger partial charge on any atom is 0.0933 e. The Balaban J connectivity index is 2.10. The van der Waals surface area contributed by atoms with Gasteiger partial charge in [0.25, 0.3) is 0 Å². The number of likely N-dealkylation sites (N-methyl/N-ethyl adjacent to an activating group) is 1. The molecule has 0 radical (unpaired) electrons. The molecule has 1 atom stereocenters. The van der Waals surface area contributed by atoms with Crippen LogP contribution in [0, 0.1) is 0 Å². The van der Waals surface area contributed by atoms with E-state index in [0.29, 0.717) is 19.7 Å². The monoisotopic (exact) mass is 252 g/mol. The van der Waals surface area contributed by atoms with Crippen molar-refractivity contribution in [1.82, 2.24) is 10.4 Å². The van der Waals surface area contributed by atoms with E-state index in [0.717, 1.165) is 18.7 Å². The number of nitrogens with zero attached hydrogens (tertiary/aromatic N) is 1. The second kappa shape index (κ2) is 9.05. The highest BCUT2D eigenvalue weighted by Crippen LogP contribution is 1.99. The minimum atomic E-state index is -0.402. The van der Waals surface area contributed by atoms with Gasteiger partial charge in [0.1, 0.15) is 0 Å². The molecule has 0 spiro atoms. The first-order chi connectivity index (χ1) is 8.76. The van der Waals surface area contributed by atoms with Crippen LogP contribution in [-0.4, -0.2) is 42.3 Å². The summed E-state index contributed by atoms with van der Waals surface area (Å²) in [6.45, 7) is 7.73. The number of hydrogen-bond acceptors (Lipinski definition) is 4. The summed E-state index contributed by atoms with van der Waals surface area (Å²) in [7, 11) is 0. The molecule has 102 valence electrons. The Bertz CT molecular complexity index is 302. The predicted molar refractivity (Wildman–Crippen MR) is 73.0 cm³/mol. The zero-order valence-corrected chi connectivity index (χ0v) is 11.3. The van der Waals surface area contributed by atoms with Gasteiger partial charge in [-0.05, 0) is 18.7 Å². The van der Waals surface area contributed by atoms with Crippen molar-refractivity contribution in [2.24, 2.45) is 0 Å². The summed E-state index contributed by atoms with van der Waals surface area (Å²) in [5.74, 6) is 0. The highest BCUT2D eigenvalue weighted by atomic mass is 16.6. The fourth-order valence-corrected chi connectivity index (χ4v) is 1.71. The van der Waals surface area contributed by atoms with E-state index in [9.17, 15) is 5.11 Å². The summed E-state index contributed by atoms with van der Waals surface area (Å²) in [5, 5.41) is 9.79. The third-order valence-electron chi connectivity index (χ3n) is 2.87. The smallest absolute Gasteiger partial charge is 0.0933 e. The van der Waals surface area contributed by atoms with Gasteiger partial charge in [-0.1, -0.05) is 44.2 Å².